The lowest BCUT2D eigenvalue weighted by atomic mass is 10.0. The van der Waals surface area contributed by atoms with Crippen molar-refractivity contribution in [3.05, 3.63) is 35.9 Å². The van der Waals surface area contributed by atoms with Crippen LogP contribution in [0.15, 0.2) is 30.3 Å². The highest BCUT2D eigenvalue weighted by molar-refractivity contribution is 5.18. The van der Waals surface area contributed by atoms with Crippen LogP contribution in [0, 0.1) is 0 Å². The molecule has 1 N–H and O–H groups in total. The monoisotopic (exact) mass is 251 g/mol. The van der Waals surface area contributed by atoms with E-state index in [2.05, 4.69) is 42.6 Å². The Balaban J connectivity index is 2.26. The van der Waals surface area contributed by atoms with Gasteiger partial charge in [0.1, 0.15) is 0 Å². The molecule has 102 valence electrons. The van der Waals surface area contributed by atoms with Crippen molar-refractivity contribution in [2.75, 3.05) is 33.5 Å². The molecule has 1 unspecified atom stereocenters. The van der Waals surface area contributed by atoms with Gasteiger partial charge in [0.25, 0.3) is 0 Å². The second-order valence-electron chi connectivity index (χ2n) is 4.27. The minimum absolute atomic E-state index is 0.433. The Morgan fingerprint density at radius 3 is 2.56 bits per heavy atom. The summed E-state index contributed by atoms with van der Waals surface area (Å²) in [4.78, 5) is 0. The van der Waals surface area contributed by atoms with Gasteiger partial charge in [-0.1, -0.05) is 37.3 Å². The highest BCUT2D eigenvalue weighted by atomic mass is 16.5. The van der Waals surface area contributed by atoms with Crippen LogP contribution >= 0.6 is 0 Å². The fraction of sp³-hybridized carbons (Fsp3) is 0.600. The molecular formula is C15H25NO2. The zero-order chi connectivity index (χ0) is 13.1. The van der Waals surface area contributed by atoms with Gasteiger partial charge in [0.15, 0.2) is 0 Å². The molecule has 3 nitrogen and oxygen atoms in total. The van der Waals surface area contributed by atoms with Crippen molar-refractivity contribution >= 4 is 0 Å². The number of rotatable bonds is 10. The first-order chi connectivity index (χ1) is 8.88. The SMILES string of the molecule is CCNC(CCCOCCOC)c1ccccc1. The molecule has 1 rings (SSSR count). The maximum absolute atomic E-state index is 5.49. The van der Waals surface area contributed by atoms with Gasteiger partial charge < -0.3 is 14.8 Å². The van der Waals surface area contributed by atoms with E-state index >= 15 is 0 Å². The van der Waals surface area contributed by atoms with Crippen LogP contribution in [0.25, 0.3) is 0 Å². The van der Waals surface area contributed by atoms with E-state index in [9.17, 15) is 0 Å². The third kappa shape index (κ3) is 6.15. The largest absolute Gasteiger partial charge is 0.382 e. The molecule has 1 aromatic carbocycles. The van der Waals surface area contributed by atoms with Gasteiger partial charge in [-0.05, 0) is 24.9 Å². The lowest BCUT2D eigenvalue weighted by Gasteiger charge is -2.18. The third-order valence-electron chi connectivity index (χ3n) is 2.87. The van der Waals surface area contributed by atoms with Crippen LogP contribution in [0.2, 0.25) is 0 Å². The predicted octanol–water partition coefficient (Wildman–Crippen LogP) is 2.78. The summed E-state index contributed by atoms with van der Waals surface area (Å²) in [6, 6.07) is 11.0. The van der Waals surface area contributed by atoms with Crippen LogP contribution in [-0.2, 0) is 9.47 Å². The molecular weight excluding hydrogens is 226 g/mol. The van der Waals surface area contributed by atoms with E-state index in [0.29, 0.717) is 19.3 Å². The molecule has 0 aromatic heterocycles. The second kappa shape index (κ2) is 10.1. The molecule has 0 saturated carbocycles. The fourth-order valence-corrected chi connectivity index (χ4v) is 1.95. The number of ether oxygens (including phenoxy) is 2. The summed E-state index contributed by atoms with van der Waals surface area (Å²) in [6.45, 7) is 5.30. The molecule has 0 saturated heterocycles. The van der Waals surface area contributed by atoms with E-state index in [4.69, 9.17) is 9.47 Å². The molecule has 0 aliphatic heterocycles. The fourth-order valence-electron chi connectivity index (χ4n) is 1.95. The molecule has 0 aliphatic rings. The average molecular weight is 251 g/mol. The van der Waals surface area contributed by atoms with E-state index < -0.39 is 0 Å². The van der Waals surface area contributed by atoms with Gasteiger partial charge in [-0.25, -0.2) is 0 Å². The van der Waals surface area contributed by atoms with Crippen molar-refractivity contribution in [2.24, 2.45) is 0 Å². The zero-order valence-corrected chi connectivity index (χ0v) is 11.5. The maximum atomic E-state index is 5.49. The van der Waals surface area contributed by atoms with E-state index in [1.165, 1.54) is 5.56 Å². The molecule has 1 aromatic rings. The van der Waals surface area contributed by atoms with E-state index in [1.54, 1.807) is 7.11 Å². The zero-order valence-electron chi connectivity index (χ0n) is 11.5. The Morgan fingerprint density at radius 2 is 1.89 bits per heavy atom. The number of nitrogens with one attached hydrogen (secondary N) is 1. The van der Waals surface area contributed by atoms with Crippen molar-refractivity contribution in [2.45, 2.75) is 25.8 Å². The van der Waals surface area contributed by atoms with E-state index in [1.807, 2.05) is 0 Å². The van der Waals surface area contributed by atoms with Crippen molar-refractivity contribution < 1.29 is 9.47 Å². The lowest BCUT2D eigenvalue weighted by molar-refractivity contribution is 0.0678. The van der Waals surface area contributed by atoms with Gasteiger partial charge >= 0.3 is 0 Å². The van der Waals surface area contributed by atoms with E-state index in [-0.39, 0.29) is 0 Å². The normalized spacial score (nSPS) is 12.6. The predicted molar refractivity (Wildman–Crippen MR) is 74.8 cm³/mol. The Hall–Kier alpha value is -0.900. The Morgan fingerprint density at radius 1 is 1.11 bits per heavy atom. The molecule has 0 heterocycles. The van der Waals surface area contributed by atoms with Crippen molar-refractivity contribution in [3.63, 3.8) is 0 Å². The third-order valence-corrected chi connectivity index (χ3v) is 2.87. The summed E-state index contributed by atoms with van der Waals surface area (Å²) in [5, 5.41) is 3.52. The highest BCUT2D eigenvalue weighted by Gasteiger charge is 2.08. The summed E-state index contributed by atoms with van der Waals surface area (Å²) in [5.74, 6) is 0. The van der Waals surface area contributed by atoms with Gasteiger partial charge in [-0.15, -0.1) is 0 Å². The quantitative estimate of drug-likeness (QED) is 0.649. The highest BCUT2D eigenvalue weighted by Crippen LogP contribution is 2.17. The Labute approximate surface area is 110 Å². The smallest absolute Gasteiger partial charge is 0.0700 e. The van der Waals surface area contributed by atoms with Crippen molar-refractivity contribution in [1.29, 1.82) is 0 Å². The topological polar surface area (TPSA) is 30.5 Å². The Kier molecular flexibility index (Phi) is 8.47. The molecule has 0 aliphatic carbocycles. The van der Waals surface area contributed by atoms with Crippen LogP contribution in [0.4, 0.5) is 0 Å². The van der Waals surface area contributed by atoms with Crippen molar-refractivity contribution in [1.82, 2.24) is 5.32 Å². The summed E-state index contributed by atoms with van der Waals surface area (Å²) >= 11 is 0. The lowest BCUT2D eigenvalue weighted by Crippen LogP contribution is -2.21. The van der Waals surface area contributed by atoms with Crippen LogP contribution in [0.3, 0.4) is 0 Å². The minimum Gasteiger partial charge on any atom is -0.382 e. The molecule has 0 radical (unpaired) electrons. The minimum atomic E-state index is 0.433. The second-order valence-corrected chi connectivity index (χ2v) is 4.27. The molecule has 1 atom stereocenters. The number of methoxy groups -OCH3 is 1. The molecule has 18 heavy (non-hydrogen) atoms. The van der Waals surface area contributed by atoms with Gasteiger partial charge in [0.05, 0.1) is 13.2 Å². The number of benzene rings is 1. The van der Waals surface area contributed by atoms with Crippen LogP contribution in [0.5, 0.6) is 0 Å². The number of hydrogen-bond acceptors (Lipinski definition) is 3. The standard InChI is InChI=1S/C15H25NO2/c1-3-16-15(14-8-5-4-6-9-14)10-7-11-18-13-12-17-2/h4-6,8-9,15-16H,3,7,10-13H2,1-2H3. The van der Waals surface area contributed by atoms with Gasteiger partial charge in [0, 0.05) is 19.8 Å². The molecule has 0 spiro atoms. The number of hydrogen-bond donors (Lipinski definition) is 1. The molecule has 0 fully saturated rings. The summed E-state index contributed by atoms with van der Waals surface area (Å²) in [6.07, 6.45) is 2.17. The van der Waals surface area contributed by atoms with Crippen LogP contribution < -0.4 is 5.32 Å². The van der Waals surface area contributed by atoms with Crippen LogP contribution in [0.1, 0.15) is 31.4 Å². The van der Waals surface area contributed by atoms with Gasteiger partial charge in [0.2, 0.25) is 0 Å². The molecule has 0 amide bonds. The van der Waals surface area contributed by atoms with Gasteiger partial charge in [-0.3, -0.25) is 0 Å². The summed E-state index contributed by atoms with van der Waals surface area (Å²) in [7, 11) is 1.69. The summed E-state index contributed by atoms with van der Waals surface area (Å²) in [5.41, 5.74) is 1.36. The van der Waals surface area contributed by atoms with Crippen molar-refractivity contribution in [3.8, 4) is 0 Å². The summed E-state index contributed by atoms with van der Waals surface area (Å²) < 4.78 is 10.4. The first-order valence-electron chi connectivity index (χ1n) is 6.73. The average Bonchev–Trinajstić information content (AvgIpc) is 2.42. The Bertz CT molecular complexity index is 290. The first-order valence-corrected chi connectivity index (χ1v) is 6.73. The van der Waals surface area contributed by atoms with Crippen LogP contribution in [-0.4, -0.2) is 33.5 Å². The maximum Gasteiger partial charge on any atom is 0.0700 e. The molecule has 0 bridgehead atoms. The van der Waals surface area contributed by atoms with Gasteiger partial charge in [-0.2, -0.15) is 0 Å². The first kappa shape index (κ1) is 15.2. The molecule has 3 heteroatoms. The van der Waals surface area contributed by atoms with E-state index in [0.717, 1.165) is 26.0 Å².